The third kappa shape index (κ3) is 5.66. The van der Waals surface area contributed by atoms with Crippen molar-refractivity contribution in [3.05, 3.63) is 54.0 Å². The summed E-state index contributed by atoms with van der Waals surface area (Å²) < 4.78 is 13.9. The molecule has 1 fully saturated rings. The lowest BCUT2D eigenvalue weighted by molar-refractivity contribution is 0.250. The van der Waals surface area contributed by atoms with Gasteiger partial charge in [-0.25, -0.2) is 14.2 Å². The van der Waals surface area contributed by atoms with E-state index in [0.717, 1.165) is 44.0 Å². The summed E-state index contributed by atoms with van der Waals surface area (Å²) in [5.41, 5.74) is 1.40. The predicted octanol–water partition coefficient (Wildman–Crippen LogP) is 3.46. The molecule has 2 heterocycles. The van der Waals surface area contributed by atoms with E-state index in [0.29, 0.717) is 12.2 Å². The van der Waals surface area contributed by atoms with Crippen LogP contribution >= 0.6 is 0 Å². The number of rotatable bonds is 5. The number of carbonyl (C=O) groups excluding carboxylic acids is 1. The SMILES string of the molecule is CC(C)NC(=O)Nc1ccc(N2CCCN(Cc3ccccc3F)CC2)nc1. The van der Waals surface area contributed by atoms with Gasteiger partial charge in [0, 0.05) is 44.3 Å². The molecule has 1 saturated heterocycles. The minimum absolute atomic E-state index is 0.0802. The zero-order valence-electron chi connectivity index (χ0n) is 16.5. The lowest BCUT2D eigenvalue weighted by atomic mass is 10.2. The van der Waals surface area contributed by atoms with E-state index in [9.17, 15) is 9.18 Å². The molecule has 1 aromatic heterocycles. The Kier molecular flexibility index (Phi) is 6.81. The van der Waals surface area contributed by atoms with Crippen LogP contribution in [0.2, 0.25) is 0 Å². The van der Waals surface area contributed by atoms with Crippen molar-refractivity contribution >= 4 is 17.5 Å². The van der Waals surface area contributed by atoms with E-state index < -0.39 is 0 Å². The molecule has 0 bridgehead atoms. The summed E-state index contributed by atoms with van der Waals surface area (Å²) in [5.74, 6) is 0.748. The van der Waals surface area contributed by atoms with Crippen molar-refractivity contribution in [2.45, 2.75) is 32.9 Å². The van der Waals surface area contributed by atoms with Crippen LogP contribution in [0.15, 0.2) is 42.6 Å². The van der Waals surface area contributed by atoms with Gasteiger partial charge in [0.15, 0.2) is 0 Å². The summed E-state index contributed by atoms with van der Waals surface area (Å²) in [6, 6.07) is 10.6. The molecule has 6 nitrogen and oxygen atoms in total. The van der Waals surface area contributed by atoms with Crippen LogP contribution in [0, 0.1) is 5.82 Å². The number of pyridine rings is 1. The van der Waals surface area contributed by atoms with Gasteiger partial charge >= 0.3 is 6.03 Å². The van der Waals surface area contributed by atoms with Gasteiger partial charge in [-0.15, -0.1) is 0 Å². The molecule has 1 aromatic carbocycles. The molecule has 1 aliphatic rings. The van der Waals surface area contributed by atoms with Crippen molar-refractivity contribution in [2.75, 3.05) is 36.4 Å². The first-order chi connectivity index (χ1) is 13.5. The van der Waals surface area contributed by atoms with Gasteiger partial charge in [-0.05, 0) is 38.5 Å². The van der Waals surface area contributed by atoms with Crippen molar-refractivity contribution in [2.24, 2.45) is 0 Å². The topological polar surface area (TPSA) is 60.5 Å². The Bertz CT molecular complexity index is 781. The van der Waals surface area contributed by atoms with E-state index in [2.05, 4.69) is 25.4 Å². The fourth-order valence-corrected chi connectivity index (χ4v) is 3.30. The molecule has 0 radical (unpaired) electrons. The average Bonchev–Trinajstić information content (AvgIpc) is 2.89. The van der Waals surface area contributed by atoms with Crippen LogP contribution in [0.1, 0.15) is 25.8 Å². The number of nitrogens with one attached hydrogen (secondary N) is 2. The van der Waals surface area contributed by atoms with Gasteiger partial charge < -0.3 is 15.5 Å². The third-order valence-electron chi connectivity index (χ3n) is 4.69. The number of anilines is 2. The van der Waals surface area contributed by atoms with Crippen molar-refractivity contribution < 1.29 is 9.18 Å². The summed E-state index contributed by atoms with van der Waals surface area (Å²) in [6.07, 6.45) is 2.67. The Morgan fingerprint density at radius 3 is 2.68 bits per heavy atom. The van der Waals surface area contributed by atoms with Gasteiger partial charge in [0.1, 0.15) is 11.6 Å². The maximum atomic E-state index is 13.9. The normalized spacial score (nSPS) is 15.4. The Morgan fingerprint density at radius 1 is 1.14 bits per heavy atom. The standard InChI is InChI=1S/C21H28FN5O/c1-16(2)24-21(28)25-18-8-9-20(23-14-18)27-11-5-10-26(12-13-27)15-17-6-3-4-7-19(17)22/h3-4,6-9,14,16H,5,10-13,15H2,1-2H3,(H2,24,25,28). The molecule has 2 N–H and O–H groups in total. The molecular weight excluding hydrogens is 357 g/mol. The number of aromatic nitrogens is 1. The van der Waals surface area contributed by atoms with E-state index in [-0.39, 0.29) is 17.9 Å². The van der Waals surface area contributed by atoms with Crippen molar-refractivity contribution in [1.29, 1.82) is 0 Å². The lowest BCUT2D eigenvalue weighted by Crippen LogP contribution is -2.34. The van der Waals surface area contributed by atoms with Gasteiger partial charge in [-0.2, -0.15) is 0 Å². The predicted molar refractivity (Wildman–Crippen MR) is 110 cm³/mol. The molecule has 0 saturated carbocycles. The van der Waals surface area contributed by atoms with E-state index >= 15 is 0 Å². The van der Waals surface area contributed by atoms with Crippen LogP contribution < -0.4 is 15.5 Å². The zero-order chi connectivity index (χ0) is 19.9. The minimum Gasteiger partial charge on any atom is -0.355 e. The summed E-state index contributed by atoms with van der Waals surface area (Å²) in [5, 5.41) is 5.57. The molecule has 1 aliphatic heterocycles. The summed E-state index contributed by atoms with van der Waals surface area (Å²) in [6.45, 7) is 7.98. The van der Waals surface area contributed by atoms with E-state index in [1.807, 2.05) is 38.1 Å². The first kappa shape index (κ1) is 20.1. The largest absolute Gasteiger partial charge is 0.355 e. The smallest absolute Gasteiger partial charge is 0.319 e. The third-order valence-corrected chi connectivity index (χ3v) is 4.69. The quantitative estimate of drug-likeness (QED) is 0.828. The summed E-state index contributed by atoms with van der Waals surface area (Å²) in [4.78, 5) is 20.8. The Labute approximate surface area is 165 Å². The number of amides is 2. The fourth-order valence-electron chi connectivity index (χ4n) is 3.30. The van der Waals surface area contributed by atoms with Crippen LogP contribution in [-0.2, 0) is 6.54 Å². The first-order valence-electron chi connectivity index (χ1n) is 9.75. The van der Waals surface area contributed by atoms with Crippen molar-refractivity contribution in [3.8, 4) is 0 Å². The second-order valence-corrected chi connectivity index (χ2v) is 7.37. The average molecular weight is 385 g/mol. The lowest BCUT2D eigenvalue weighted by Gasteiger charge is -2.23. The van der Waals surface area contributed by atoms with Gasteiger partial charge in [0.2, 0.25) is 0 Å². The molecule has 3 rings (SSSR count). The van der Waals surface area contributed by atoms with Crippen molar-refractivity contribution in [1.82, 2.24) is 15.2 Å². The number of urea groups is 1. The van der Waals surface area contributed by atoms with E-state index in [1.165, 1.54) is 6.07 Å². The number of hydrogen-bond donors (Lipinski definition) is 2. The molecule has 7 heteroatoms. The molecule has 0 spiro atoms. The highest BCUT2D eigenvalue weighted by Crippen LogP contribution is 2.18. The van der Waals surface area contributed by atoms with Gasteiger partial charge in [0.25, 0.3) is 0 Å². The molecule has 150 valence electrons. The van der Waals surface area contributed by atoms with E-state index in [4.69, 9.17) is 0 Å². The maximum Gasteiger partial charge on any atom is 0.319 e. The first-order valence-corrected chi connectivity index (χ1v) is 9.75. The monoisotopic (exact) mass is 385 g/mol. The second kappa shape index (κ2) is 9.50. The van der Waals surface area contributed by atoms with Crippen LogP contribution in [0.3, 0.4) is 0 Å². The molecule has 2 aromatic rings. The molecule has 0 atom stereocenters. The molecular formula is C21H28FN5O. The van der Waals surface area contributed by atoms with E-state index in [1.54, 1.807) is 12.3 Å². The molecule has 28 heavy (non-hydrogen) atoms. The van der Waals surface area contributed by atoms with Crippen LogP contribution in [-0.4, -0.2) is 48.1 Å². The van der Waals surface area contributed by atoms with Crippen molar-refractivity contribution in [3.63, 3.8) is 0 Å². The Morgan fingerprint density at radius 2 is 1.96 bits per heavy atom. The second-order valence-electron chi connectivity index (χ2n) is 7.37. The number of hydrogen-bond acceptors (Lipinski definition) is 4. The van der Waals surface area contributed by atoms with Crippen LogP contribution in [0.25, 0.3) is 0 Å². The fraction of sp³-hybridized carbons (Fsp3) is 0.429. The zero-order valence-corrected chi connectivity index (χ0v) is 16.5. The minimum atomic E-state index is -0.233. The number of halogens is 1. The number of benzene rings is 1. The van der Waals surface area contributed by atoms with Gasteiger partial charge in [-0.1, -0.05) is 18.2 Å². The number of nitrogens with zero attached hydrogens (tertiary/aromatic N) is 3. The summed E-state index contributed by atoms with van der Waals surface area (Å²) in [7, 11) is 0. The molecule has 0 unspecified atom stereocenters. The van der Waals surface area contributed by atoms with Gasteiger partial charge in [0.05, 0.1) is 11.9 Å². The number of carbonyl (C=O) groups is 1. The van der Waals surface area contributed by atoms with Gasteiger partial charge in [-0.3, -0.25) is 4.90 Å². The summed E-state index contributed by atoms with van der Waals surface area (Å²) >= 11 is 0. The highest BCUT2D eigenvalue weighted by molar-refractivity contribution is 5.89. The highest BCUT2D eigenvalue weighted by Gasteiger charge is 2.17. The van der Waals surface area contributed by atoms with Crippen LogP contribution in [0.4, 0.5) is 20.7 Å². The Balaban J connectivity index is 1.55. The Hall–Kier alpha value is -2.67. The maximum absolute atomic E-state index is 13.9. The van der Waals surface area contributed by atoms with Crippen LogP contribution in [0.5, 0.6) is 0 Å². The molecule has 2 amide bonds. The highest BCUT2D eigenvalue weighted by atomic mass is 19.1. The molecule has 0 aliphatic carbocycles.